The molecule has 2 aromatic carbocycles. The van der Waals surface area contributed by atoms with E-state index in [0.29, 0.717) is 24.5 Å². The predicted octanol–water partition coefficient (Wildman–Crippen LogP) is 12.3. The summed E-state index contributed by atoms with van der Waals surface area (Å²) in [6, 6.07) is 3.11. The van der Waals surface area contributed by atoms with Gasteiger partial charge in [-0.2, -0.15) is 26.3 Å². The molecule has 0 aromatic heterocycles. The zero-order chi connectivity index (χ0) is 47.4. The zero-order valence-corrected chi connectivity index (χ0v) is 39.4. The standard InChI is InChI=1S/C24H30F3NO3.C17H23F3N2O2.C6H8BrClO/c1-15(2)28(17-8-4-3-5-9-17)22(30)18-12-16-13-21(29)23(10-6-7-11-23)31-20(16)14-19(18)24(25,26)27;1-10(2)22(11-6-4-3-5-7-11)16(24)12-8-14(21)15(23)9-13(12)17(18,19)20;7-6(5(8)9)3-1-2-4-6/h12,14-15,17H,3-11,13H2,1-2H3;8-11,23H,3-7,21H2,1-2H3;1-4H2. The van der Waals surface area contributed by atoms with Crippen molar-refractivity contribution in [3.63, 3.8) is 0 Å². The summed E-state index contributed by atoms with van der Waals surface area (Å²) in [5, 5.41) is 9.28. The van der Waals surface area contributed by atoms with Gasteiger partial charge < -0.3 is 25.4 Å². The number of anilines is 1. The maximum absolute atomic E-state index is 14.0. The Bertz CT molecular complexity index is 2000. The number of nitrogens with two attached hydrogens (primary N) is 1. The van der Waals surface area contributed by atoms with E-state index >= 15 is 0 Å². The number of phenols is 1. The second-order valence-corrected chi connectivity index (χ2v) is 20.4. The van der Waals surface area contributed by atoms with Crippen molar-refractivity contribution in [1.82, 2.24) is 9.80 Å². The van der Waals surface area contributed by atoms with Gasteiger partial charge >= 0.3 is 12.4 Å². The molecule has 5 aliphatic rings. The first-order valence-corrected chi connectivity index (χ1v) is 23.8. The topological polar surface area (TPSA) is 130 Å². The highest BCUT2D eigenvalue weighted by atomic mass is 79.9. The smallest absolute Gasteiger partial charge is 0.417 e. The van der Waals surface area contributed by atoms with E-state index in [1.165, 1.54) is 11.0 Å². The van der Waals surface area contributed by atoms with E-state index in [2.05, 4.69) is 15.9 Å². The third-order valence-electron chi connectivity index (χ3n) is 13.3. The van der Waals surface area contributed by atoms with Gasteiger partial charge in [-0.1, -0.05) is 67.3 Å². The molecule has 1 spiro atoms. The Kier molecular flexibility index (Phi) is 16.9. The first kappa shape index (κ1) is 51.5. The highest BCUT2D eigenvalue weighted by molar-refractivity contribution is 9.10. The highest BCUT2D eigenvalue weighted by Crippen LogP contribution is 2.45. The fraction of sp³-hybridized carbons (Fsp3) is 0.660. The minimum absolute atomic E-state index is 0.0128. The molecule has 3 N–H and O–H groups in total. The molecule has 0 saturated heterocycles. The summed E-state index contributed by atoms with van der Waals surface area (Å²) < 4.78 is 87.6. The quantitative estimate of drug-likeness (QED) is 0.0929. The lowest BCUT2D eigenvalue weighted by Crippen LogP contribution is -2.47. The number of phenolic OH excluding ortho intramolecular Hbond substituents is 1. The number of nitrogen functional groups attached to an aromatic ring is 1. The third kappa shape index (κ3) is 11.9. The summed E-state index contributed by atoms with van der Waals surface area (Å²) >= 11 is 8.67. The number of rotatable bonds is 7. The number of carbonyl (C=O) groups excluding carboxylic acids is 4. The molecule has 4 fully saturated rings. The van der Waals surface area contributed by atoms with Crippen LogP contribution in [0.15, 0.2) is 24.3 Å². The van der Waals surface area contributed by atoms with E-state index < -0.39 is 52.2 Å². The molecule has 7 rings (SSSR count). The van der Waals surface area contributed by atoms with E-state index in [0.717, 1.165) is 115 Å². The molecule has 356 valence electrons. The van der Waals surface area contributed by atoms with Gasteiger partial charge in [0.2, 0.25) is 5.24 Å². The van der Waals surface area contributed by atoms with E-state index in [9.17, 15) is 50.6 Å². The highest BCUT2D eigenvalue weighted by Gasteiger charge is 2.48. The molecule has 17 heteroatoms. The minimum atomic E-state index is -4.74. The van der Waals surface area contributed by atoms with Crippen LogP contribution < -0.4 is 10.5 Å². The molecular weight excluding hydrogens is 932 g/mol. The summed E-state index contributed by atoms with van der Waals surface area (Å²) in [6.07, 6.45) is 6.57. The van der Waals surface area contributed by atoms with Crippen LogP contribution in [0.2, 0.25) is 0 Å². The van der Waals surface area contributed by atoms with E-state index in [1.807, 2.05) is 13.8 Å². The predicted molar refractivity (Wildman–Crippen MR) is 237 cm³/mol. The van der Waals surface area contributed by atoms with E-state index in [-0.39, 0.29) is 62.9 Å². The van der Waals surface area contributed by atoms with Crippen LogP contribution in [0.25, 0.3) is 0 Å². The Labute approximate surface area is 385 Å². The Balaban J connectivity index is 0.000000206. The van der Waals surface area contributed by atoms with E-state index in [1.54, 1.807) is 18.7 Å². The molecule has 0 bridgehead atoms. The number of alkyl halides is 7. The van der Waals surface area contributed by atoms with Gasteiger partial charge in [0, 0.05) is 36.2 Å². The number of Topliss-reactive ketones (excluding diaryl/α,β-unsaturated/α-hetero) is 1. The van der Waals surface area contributed by atoms with Crippen LogP contribution in [0.3, 0.4) is 0 Å². The van der Waals surface area contributed by atoms with Crippen molar-refractivity contribution in [1.29, 1.82) is 0 Å². The van der Waals surface area contributed by atoms with Crippen LogP contribution in [0.1, 0.15) is 181 Å². The number of ether oxygens (including phenoxy) is 1. The molecule has 9 nitrogen and oxygen atoms in total. The van der Waals surface area contributed by atoms with Crippen molar-refractivity contribution in [2.24, 2.45) is 0 Å². The molecule has 2 amide bonds. The molecule has 64 heavy (non-hydrogen) atoms. The fourth-order valence-corrected chi connectivity index (χ4v) is 10.7. The number of amides is 2. The van der Waals surface area contributed by atoms with Crippen molar-refractivity contribution in [2.75, 3.05) is 5.73 Å². The Hall–Kier alpha value is -3.53. The molecule has 0 radical (unpaired) electrons. The molecule has 1 heterocycles. The summed E-state index contributed by atoms with van der Waals surface area (Å²) in [4.78, 5) is 53.0. The molecule has 2 aromatic rings. The van der Waals surface area contributed by atoms with Gasteiger partial charge in [0.25, 0.3) is 11.8 Å². The van der Waals surface area contributed by atoms with Crippen LogP contribution in [0.4, 0.5) is 32.0 Å². The molecular formula is C47H61BrClF6N3O6. The second-order valence-electron chi connectivity index (χ2n) is 18.5. The number of halogens is 8. The van der Waals surface area contributed by atoms with Crippen molar-refractivity contribution < 1.29 is 55.4 Å². The van der Waals surface area contributed by atoms with E-state index in [4.69, 9.17) is 22.1 Å². The molecule has 0 atom stereocenters. The maximum Gasteiger partial charge on any atom is 0.417 e. The van der Waals surface area contributed by atoms with Crippen molar-refractivity contribution in [3.05, 3.63) is 52.1 Å². The van der Waals surface area contributed by atoms with Gasteiger partial charge in [-0.05, 0) is 128 Å². The first-order valence-electron chi connectivity index (χ1n) is 22.6. The summed E-state index contributed by atoms with van der Waals surface area (Å²) in [5.74, 6) is -1.96. The van der Waals surface area contributed by atoms with Crippen LogP contribution in [0, 0.1) is 0 Å². The number of carbonyl (C=O) groups is 4. The second kappa shape index (κ2) is 21.0. The molecule has 0 unspecified atom stereocenters. The molecule has 4 saturated carbocycles. The van der Waals surface area contributed by atoms with Gasteiger partial charge in [-0.15, -0.1) is 0 Å². The molecule has 4 aliphatic carbocycles. The monoisotopic (exact) mass is 991 g/mol. The Morgan fingerprint density at radius 2 is 1.14 bits per heavy atom. The van der Waals surface area contributed by atoms with Crippen molar-refractivity contribution in [3.8, 4) is 11.5 Å². The summed E-state index contributed by atoms with van der Waals surface area (Å²) in [5.41, 5.74) is 1.69. The fourth-order valence-electron chi connectivity index (χ4n) is 9.99. The van der Waals surface area contributed by atoms with Gasteiger partial charge in [0.05, 0.1) is 32.3 Å². The average molecular weight is 993 g/mol. The third-order valence-corrected chi connectivity index (χ3v) is 15.0. The van der Waals surface area contributed by atoms with Crippen LogP contribution >= 0.6 is 27.5 Å². The normalized spacial score (nSPS) is 19.9. The van der Waals surface area contributed by atoms with Crippen LogP contribution in [-0.2, 0) is 28.4 Å². The lowest BCUT2D eigenvalue weighted by Gasteiger charge is -2.38. The number of fused-ring (bicyclic) bond motifs is 1. The number of benzene rings is 2. The zero-order valence-electron chi connectivity index (χ0n) is 37.0. The summed E-state index contributed by atoms with van der Waals surface area (Å²) in [6.45, 7) is 7.27. The van der Waals surface area contributed by atoms with Crippen LogP contribution in [0.5, 0.6) is 11.5 Å². The lowest BCUT2D eigenvalue weighted by molar-refractivity contribution is -0.139. The van der Waals surface area contributed by atoms with Gasteiger partial charge in [0.1, 0.15) is 11.5 Å². The number of ketones is 1. The number of nitrogens with zero attached hydrogens (tertiary/aromatic N) is 2. The largest absolute Gasteiger partial charge is 0.506 e. The van der Waals surface area contributed by atoms with Crippen molar-refractivity contribution >= 4 is 56.1 Å². The maximum atomic E-state index is 14.0. The minimum Gasteiger partial charge on any atom is -0.506 e. The first-order chi connectivity index (χ1) is 29.9. The Morgan fingerprint density at radius 3 is 1.55 bits per heavy atom. The number of hydrogen-bond donors (Lipinski definition) is 2. The Morgan fingerprint density at radius 1 is 0.719 bits per heavy atom. The lowest BCUT2D eigenvalue weighted by atomic mass is 9.86. The van der Waals surface area contributed by atoms with Gasteiger partial charge in [-0.25, -0.2) is 0 Å². The number of hydrogen-bond acceptors (Lipinski definition) is 7. The van der Waals surface area contributed by atoms with Crippen LogP contribution in [-0.4, -0.2) is 71.8 Å². The van der Waals surface area contributed by atoms with Crippen molar-refractivity contribution in [2.45, 2.75) is 196 Å². The van der Waals surface area contributed by atoms with Gasteiger partial charge in [0.15, 0.2) is 11.4 Å². The summed E-state index contributed by atoms with van der Waals surface area (Å²) in [7, 11) is 0. The van der Waals surface area contributed by atoms with Gasteiger partial charge in [-0.3, -0.25) is 19.2 Å². The number of aromatic hydroxyl groups is 1. The average Bonchev–Trinajstić information content (AvgIpc) is 3.90. The SMILES string of the molecule is CC(C)N(C(=O)c1cc(N)c(O)cc1C(F)(F)F)C1CCCCC1.CC(C)N(C(=O)c1cc2c(cc1C(F)(F)F)OC1(CCCC1)C(=O)C2)C1CCCCC1.O=C(Cl)C1(Br)CCCC1. The molecule has 1 aliphatic heterocycles.